The number of carbonyl (C=O) groups excluding carboxylic acids is 1. The van der Waals surface area contributed by atoms with E-state index in [1.165, 1.54) is 23.5 Å². The van der Waals surface area contributed by atoms with E-state index in [0.29, 0.717) is 17.2 Å². The molecule has 0 saturated heterocycles. The molecule has 6 nitrogen and oxygen atoms in total. The fourth-order valence-electron chi connectivity index (χ4n) is 1.73. The highest BCUT2D eigenvalue weighted by Crippen LogP contribution is 2.31. The first-order valence-corrected chi connectivity index (χ1v) is 5.93. The number of carbonyl (C=O) groups is 1. The largest absolute Gasteiger partial charge is 0.493 e. The average molecular weight is 273 g/mol. The van der Waals surface area contributed by atoms with Crippen molar-refractivity contribution >= 4 is 11.6 Å². The number of benzene rings is 1. The molecule has 1 aromatic heterocycles. The van der Waals surface area contributed by atoms with Crippen LogP contribution in [0.15, 0.2) is 36.8 Å². The zero-order chi connectivity index (χ0) is 14.5. The molecule has 1 aromatic carbocycles. The summed E-state index contributed by atoms with van der Waals surface area (Å²) < 4.78 is 10.4. The van der Waals surface area contributed by atoms with Gasteiger partial charge in [0.05, 0.1) is 20.4 Å². The van der Waals surface area contributed by atoms with Crippen molar-refractivity contribution in [3.8, 4) is 11.5 Å². The Hall–Kier alpha value is -2.63. The maximum atomic E-state index is 12.3. The number of hydrogen-bond acceptors (Lipinski definition) is 5. The molecule has 6 heteroatoms. The van der Waals surface area contributed by atoms with Crippen molar-refractivity contribution in [2.75, 3.05) is 26.2 Å². The molecule has 0 fully saturated rings. The van der Waals surface area contributed by atoms with Gasteiger partial charge in [0.1, 0.15) is 5.69 Å². The molecule has 0 aliphatic rings. The molecule has 0 saturated carbocycles. The van der Waals surface area contributed by atoms with E-state index >= 15 is 0 Å². The van der Waals surface area contributed by atoms with Gasteiger partial charge in [0.15, 0.2) is 11.5 Å². The highest BCUT2D eigenvalue weighted by Gasteiger charge is 2.16. The number of anilines is 1. The Morgan fingerprint density at radius 1 is 1.15 bits per heavy atom. The van der Waals surface area contributed by atoms with Gasteiger partial charge in [-0.25, -0.2) is 4.98 Å². The van der Waals surface area contributed by atoms with Gasteiger partial charge >= 0.3 is 0 Å². The number of hydrogen-bond donors (Lipinski definition) is 0. The standard InChI is InChI=1S/C14H15N3O3/c1-17(14(18)11-9-15-6-7-16-11)10-4-5-12(19-2)13(8-10)20-3/h4-9H,1-3H3. The first kappa shape index (κ1) is 13.8. The van der Waals surface area contributed by atoms with Gasteiger partial charge in [-0.3, -0.25) is 9.78 Å². The van der Waals surface area contributed by atoms with E-state index in [1.54, 1.807) is 39.5 Å². The maximum Gasteiger partial charge on any atom is 0.278 e. The van der Waals surface area contributed by atoms with Crippen molar-refractivity contribution in [2.45, 2.75) is 0 Å². The second kappa shape index (κ2) is 6.01. The summed E-state index contributed by atoms with van der Waals surface area (Å²) in [6.45, 7) is 0. The van der Waals surface area contributed by atoms with Crippen molar-refractivity contribution in [1.82, 2.24) is 9.97 Å². The van der Waals surface area contributed by atoms with E-state index in [2.05, 4.69) is 9.97 Å². The van der Waals surface area contributed by atoms with Crippen molar-refractivity contribution in [2.24, 2.45) is 0 Å². The number of amides is 1. The average Bonchev–Trinajstić information content (AvgIpc) is 2.53. The van der Waals surface area contributed by atoms with Gasteiger partial charge in [0.25, 0.3) is 5.91 Å². The summed E-state index contributed by atoms with van der Waals surface area (Å²) in [6, 6.07) is 5.25. The molecule has 20 heavy (non-hydrogen) atoms. The normalized spacial score (nSPS) is 9.95. The molecule has 1 heterocycles. The van der Waals surface area contributed by atoms with Gasteiger partial charge in [0.2, 0.25) is 0 Å². The smallest absolute Gasteiger partial charge is 0.278 e. The van der Waals surface area contributed by atoms with Crippen LogP contribution < -0.4 is 14.4 Å². The number of nitrogens with zero attached hydrogens (tertiary/aromatic N) is 3. The molecule has 104 valence electrons. The summed E-state index contributed by atoms with van der Waals surface area (Å²) in [5, 5.41) is 0. The third-order valence-corrected chi connectivity index (χ3v) is 2.84. The first-order chi connectivity index (χ1) is 9.67. The van der Waals surface area contributed by atoms with Gasteiger partial charge in [0, 0.05) is 31.2 Å². The Labute approximate surface area is 117 Å². The highest BCUT2D eigenvalue weighted by molar-refractivity contribution is 6.04. The monoisotopic (exact) mass is 273 g/mol. The van der Waals surface area contributed by atoms with E-state index in [4.69, 9.17) is 9.47 Å². The van der Waals surface area contributed by atoms with Crippen molar-refractivity contribution in [3.63, 3.8) is 0 Å². The molecular weight excluding hydrogens is 258 g/mol. The van der Waals surface area contributed by atoms with Gasteiger partial charge in [-0.2, -0.15) is 0 Å². The summed E-state index contributed by atoms with van der Waals surface area (Å²) in [4.78, 5) is 21.6. The van der Waals surface area contributed by atoms with Crippen LogP contribution in [0.3, 0.4) is 0 Å². The van der Waals surface area contributed by atoms with Crippen LogP contribution in [0.25, 0.3) is 0 Å². The Morgan fingerprint density at radius 3 is 2.50 bits per heavy atom. The minimum atomic E-state index is -0.245. The van der Waals surface area contributed by atoms with Gasteiger partial charge in [-0.15, -0.1) is 0 Å². The minimum absolute atomic E-state index is 0.245. The molecule has 2 aromatic rings. The molecule has 2 rings (SSSR count). The quantitative estimate of drug-likeness (QED) is 0.849. The number of methoxy groups -OCH3 is 2. The summed E-state index contributed by atoms with van der Waals surface area (Å²) in [7, 11) is 4.77. The number of aromatic nitrogens is 2. The van der Waals surface area contributed by atoms with Crippen molar-refractivity contribution in [1.29, 1.82) is 0 Å². The van der Waals surface area contributed by atoms with Gasteiger partial charge in [-0.05, 0) is 12.1 Å². The molecule has 0 bridgehead atoms. The summed E-state index contributed by atoms with van der Waals surface area (Å²) >= 11 is 0. The van der Waals surface area contributed by atoms with E-state index in [9.17, 15) is 4.79 Å². The molecule has 0 atom stereocenters. The second-order valence-electron chi connectivity index (χ2n) is 3.99. The van der Waals surface area contributed by atoms with E-state index in [-0.39, 0.29) is 11.6 Å². The lowest BCUT2D eigenvalue weighted by atomic mass is 10.2. The molecule has 0 N–H and O–H groups in total. The predicted molar refractivity (Wildman–Crippen MR) is 74.3 cm³/mol. The van der Waals surface area contributed by atoms with Crippen molar-refractivity contribution in [3.05, 3.63) is 42.5 Å². The Morgan fingerprint density at radius 2 is 1.90 bits per heavy atom. The third kappa shape index (κ3) is 2.69. The first-order valence-electron chi connectivity index (χ1n) is 5.93. The molecule has 0 aliphatic heterocycles. The SMILES string of the molecule is COc1ccc(N(C)C(=O)c2cnccn2)cc1OC. The van der Waals surface area contributed by atoms with E-state index in [1.807, 2.05) is 0 Å². The maximum absolute atomic E-state index is 12.3. The summed E-state index contributed by atoms with van der Waals surface area (Å²) in [5.74, 6) is 0.922. The lowest BCUT2D eigenvalue weighted by Crippen LogP contribution is -2.27. The third-order valence-electron chi connectivity index (χ3n) is 2.84. The van der Waals surface area contributed by atoms with E-state index in [0.717, 1.165) is 0 Å². The van der Waals surface area contributed by atoms with Gasteiger partial charge < -0.3 is 14.4 Å². The fourth-order valence-corrected chi connectivity index (χ4v) is 1.73. The molecule has 0 aliphatic carbocycles. The zero-order valence-electron chi connectivity index (χ0n) is 11.5. The summed E-state index contributed by atoms with van der Waals surface area (Å²) in [5.41, 5.74) is 0.961. The van der Waals surface area contributed by atoms with E-state index < -0.39 is 0 Å². The van der Waals surface area contributed by atoms with Crippen LogP contribution in [0.5, 0.6) is 11.5 Å². The second-order valence-corrected chi connectivity index (χ2v) is 3.99. The molecule has 0 spiro atoms. The lowest BCUT2D eigenvalue weighted by molar-refractivity contribution is 0.0988. The molecular formula is C14H15N3O3. The zero-order valence-corrected chi connectivity index (χ0v) is 11.5. The molecule has 0 unspecified atom stereocenters. The van der Waals surface area contributed by atoms with Crippen LogP contribution in [-0.4, -0.2) is 37.1 Å². The van der Waals surface area contributed by atoms with Crippen molar-refractivity contribution < 1.29 is 14.3 Å². The van der Waals surface area contributed by atoms with Crippen LogP contribution in [-0.2, 0) is 0 Å². The lowest BCUT2D eigenvalue weighted by Gasteiger charge is -2.18. The number of ether oxygens (including phenoxy) is 2. The van der Waals surface area contributed by atoms with Crippen LogP contribution >= 0.6 is 0 Å². The fraction of sp³-hybridized carbons (Fsp3) is 0.214. The van der Waals surface area contributed by atoms with Crippen LogP contribution in [0.4, 0.5) is 5.69 Å². The Bertz CT molecular complexity index is 602. The Kier molecular flexibility index (Phi) is 4.14. The Balaban J connectivity index is 2.29. The number of rotatable bonds is 4. The van der Waals surface area contributed by atoms with Crippen LogP contribution in [0.1, 0.15) is 10.5 Å². The molecule has 1 amide bonds. The van der Waals surface area contributed by atoms with Crippen LogP contribution in [0.2, 0.25) is 0 Å². The van der Waals surface area contributed by atoms with Gasteiger partial charge in [-0.1, -0.05) is 0 Å². The summed E-state index contributed by atoms with van der Waals surface area (Å²) in [6.07, 6.45) is 4.43. The molecule has 0 radical (unpaired) electrons. The topological polar surface area (TPSA) is 64.5 Å². The highest BCUT2D eigenvalue weighted by atomic mass is 16.5. The minimum Gasteiger partial charge on any atom is -0.493 e. The van der Waals surface area contributed by atoms with Crippen LogP contribution in [0, 0.1) is 0 Å². The predicted octanol–water partition coefficient (Wildman–Crippen LogP) is 1.77.